The van der Waals surface area contributed by atoms with Gasteiger partial charge in [-0.25, -0.2) is 0 Å². The van der Waals surface area contributed by atoms with Crippen molar-refractivity contribution in [3.63, 3.8) is 0 Å². The van der Waals surface area contributed by atoms with Crippen molar-refractivity contribution in [3.8, 4) is 5.75 Å². The van der Waals surface area contributed by atoms with Crippen molar-refractivity contribution in [1.82, 2.24) is 4.98 Å². The third-order valence-electron chi connectivity index (χ3n) is 4.40. The van der Waals surface area contributed by atoms with Crippen LogP contribution < -0.4 is 15.8 Å². The molecular formula is C20H21N3O3. The minimum atomic E-state index is -0.568. The summed E-state index contributed by atoms with van der Waals surface area (Å²) in [5.41, 5.74) is 9.80. The molecule has 0 bridgehead atoms. The average molecular weight is 351 g/mol. The fraction of sp³-hybridized carbons (Fsp3) is 0.200. The fourth-order valence-electron chi connectivity index (χ4n) is 3.07. The molecule has 3 aromatic rings. The minimum Gasteiger partial charge on any atom is -0.497 e. The molecule has 1 amide bonds. The Labute approximate surface area is 151 Å². The highest BCUT2D eigenvalue weighted by Gasteiger charge is 2.16. The van der Waals surface area contributed by atoms with Gasteiger partial charge in [0, 0.05) is 17.3 Å². The quantitative estimate of drug-likeness (QED) is 0.634. The lowest BCUT2D eigenvalue weighted by molar-refractivity contribution is 0.100. The maximum Gasteiger partial charge on any atom is 0.252 e. The molecular weight excluding hydrogens is 330 g/mol. The third-order valence-corrected chi connectivity index (χ3v) is 4.40. The van der Waals surface area contributed by atoms with E-state index in [1.54, 1.807) is 7.11 Å². The van der Waals surface area contributed by atoms with Crippen LogP contribution in [0.25, 0.3) is 10.9 Å². The Kier molecular flexibility index (Phi) is 5.04. The summed E-state index contributed by atoms with van der Waals surface area (Å²) < 4.78 is 5.30. The number of rotatable bonds is 6. The first-order valence-corrected chi connectivity index (χ1v) is 8.34. The number of benzene rings is 2. The van der Waals surface area contributed by atoms with Gasteiger partial charge in [-0.1, -0.05) is 19.1 Å². The smallest absolute Gasteiger partial charge is 0.252 e. The number of nitrogens with two attached hydrogens (primary N) is 1. The van der Waals surface area contributed by atoms with Crippen molar-refractivity contribution < 1.29 is 14.6 Å². The normalized spacial score (nSPS) is 10.7. The number of pyridine rings is 1. The number of hydrogen-bond acceptors (Lipinski definition) is 5. The standard InChI is InChI=1S/C20H21N3O3/c1-3-14-12(11-24)5-4-6-18(14)23-19-15-9-13(26-2)7-8-17(15)22-10-16(19)20(21)25/h4-10,24H,3,11H2,1-2H3,(H2,21,25)(H,22,23). The molecule has 4 N–H and O–H groups in total. The number of ether oxygens (including phenoxy) is 1. The Bertz CT molecular complexity index is 970. The highest BCUT2D eigenvalue weighted by atomic mass is 16.5. The van der Waals surface area contributed by atoms with E-state index in [4.69, 9.17) is 10.5 Å². The molecule has 3 rings (SSSR count). The van der Waals surface area contributed by atoms with E-state index in [1.807, 2.05) is 43.3 Å². The van der Waals surface area contributed by atoms with Gasteiger partial charge in [0.25, 0.3) is 5.91 Å². The van der Waals surface area contributed by atoms with Crippen LogP contribution in [0.2, 0.25) is 0 Å². The number of nitrogens with zero attached hydrogens (tertiary/aromatic N) is 1. The lowest BCUT2D eigenvalue weighted by Crippen LogP contribution is -2.14. The van der Waals surface area contributed by atoms with Crippen LogP contribution >= 0.6 is 0 Å². The fourth-order valence-corrected chi connectivity index (χ4v) is 3.07. The van der Waals surface area contributed by atoms with E-state index < -0.39 is 5.91 Å². The summed E-state index contributed by atoms with van der Waals surface area (Å²) in [6, 6.07) is 11.1. The van der Waals surface area contributed by atoms with Gasteiger partial charge in [-0.2, -0.15) is 0 Å². The molecule has 134 valence electrons. The Balaban J connectivity index is 2.23. The number of aliphatic hydroxyl groups is 1. The van der Waals surface area contributed by atoms with Gasteiger partial charge in [-0.05, 0) is 41.8 Å². The van der Waals surface area contributed by atoms with Crippen molar-refractivity contribution in [2.75, 3.05) is 12.4 Å². The molecule has 0 aliphatic rings. The highest BCUT2D eigenvalue weighted by Crippen LogP contribution is 2.33. The first-order chi connectivity index (χ1) is 12.6. The summed E-state index contributed by atoms with van der Waals surface area (Å²) in [5, 5.41) is 13.7. The summed E-state index contributed by atoms with van der Waals surface area (Å²) >= 11 is 0. The molecule has 2 aromatic carbocycles. The van der Waals surface area contributed by atoms with Gasteiger partial charge in [-0.3, -0.25) is 9.78 Å². The van der Waals surface area contributed by atoms with E-state index in [0.717, 1.165) is 34.1 Å². The van der Waals surface area contributed by atoms with Crippen LogP contribution in [0.5, 0.6) is 5.75 Å². The molecule has 1 heterocycles. The maximum absolute atomic E-state index is 12.0. The number of aromatic nitrogens is 1. The molecule has 6 heteroatoms. The number of aliphatic hydroxyl groups excluding tert-OH is 1. The Morgan fingerprint density at radius 2 is 2.12 bits per heavy atom. The first-order valence-electron chi connectivity index (χ1n) is 8.34. The van der Waals surface area contributed by atoms with Gasteiger partial charge in [0.1, 0.15) is 5.75 Å². The zero-order valence-electron chi connectivity index (χ0n) is 14.7. The van der Waals surface area contributed by atoms with E-state index in [1.165, 1.54) is 6.20 Å². The zero-order chi connectivity index (χ0) is 18.7. The molecule has 0 saturated carbocycles. The van der Waals surface area contributed by atoms with Gasteiger partial charge >= 0.3 is 0 Å². The van der Waals surface area contributed by atoms with Crippen LogP contribution in [0, 0.1) is 0 Å². The summed E-state index contributed by atoms with van der Waals surface area (Å²) in [4.78, 5) is 16.3. The molecule has 6 nitrogen and oxygen atoms in total. The average Bonchev–Trinajstić information content (AvgIpc) is 2.67. The largest absolute Gasteiger partial charge is 0.497 e. The van der Waals surface area contributed by atoms with Crippen LogP contribution in [0.3, 0.4) is 0 Å². The number of amides is 1. The molecule has 0 atom stereocenters. The Morgan fingerprint density at radius 3 is 2.77 bits per heavy atom. The SMILES string of the molecule is CCc1c(CO)cccc1Nc1c(C(N)=O)cnc2ccc(OC)cc12. The monoisotopic (exact) mass is 351 g/mol. The second kappa shape index (κ2) is 7.41. The third kappa shape index (κ3) is 3.19. The molecule has 0 fully saturated rings. The number of primary amides is 1. The van der Waals surface area contributed by atoms with Gasteiger partial charge < -0.3 is 20.9 Å². The van der Waals surface area contributed by atoms with Crippen molar-refractivity contribution in [2.24, 2.45) is 5.73 Å². The minimum absolute atomic E-state index is 0.0493. The van der Waals surface area contributed by atoms with Crippen molar-refractivity contribution in [1.29, 1.82) is 0 Å². The Morgan fingerprint density at radius 1 is 1.31 bits per heavy atom. The van der Waals surface area contributed by atoms with E-state index in [9.17, 15) is 9.90 Å². The Hall–Kier alpha value is -3.12. The lowest BCUT2D eigenvalue weighted by atomic mass is 10.0. The number of carbonyl (C=O) groups is 1. The summed E-state index contributed by atoms with van der Waals surface area (Å²) in [7, 11) is 1.58. The lowest BCUT2D eigenvalue weighted by Gasteiger charge is -2.17. The molecule has 0 spiro atoms. The number of hydrogen-bond donors (Lipinski definition) is 3. The number of fused-ring (bicyclic) bond motifs is 1. The highest BCUT2D eigenvalue weighted by molar-refractivity contribution is 6.07. The maximum atomic E-state index is 12.0. The predicted molar refractivity (Wildman–Crippen MR) is 102 cm³/mol. The zero-order valence-corrected chi connectivity index (χ0v) is 14.7. The van der Waals surface area contributed by atoms with E-state index in [0.29, 0.717) is 17.0 Å². The molecule has 26 heavy (non-hydrogen) atoms. The second-order valence-corrected chi connectivity index (χ2v) is 5.87. The first kappa shape index (κ1) is 17.7. The number of carbonyl (C=O) groups excluding carboxylic acids is 1. The van der Waals surface area contributed by atoms with Gasteiger partial charge in [0.15, 0.2) is 0 Å². The summed E-state index contributed by atoms with van der Waals surface area (Å²) in [6.07, 6.45) is 2.21. The summed E-state index contributed by atoms with van der Waals surface area (Å²) in [6.45, 7) is 1.97. The molecule has 0 aliphatic carbocycles. The number of nitrogens with one attached hydrogen (secondary N) is 1. The van der Waals surface area contributed by atoms with E-state index in [-0.39, 0.29) is 6.61 Å². The molecule has 0 saturated heterocycles. The van der Waals surface area contributed by atoms with Crippen LogP contribution in [-0.2, 0) is 13.0 Å². The van der Waals surface area contributed by atoms with Crippen LogP contribution in [0.4, 0.5) is 11.4 Å². The molecule has 0 aliphatic heterocycles. The van der Waals surface area contributed by atoms with Crippen LogP contribution in [0.1, 0.15) is 28.4 Å². The molecule has 1 aromatic heterocycles. The molecule has 0 radical (unpaired) electrons. The van der Waals surface area contributed by atoms with Gasteiger partial charge in [-0.15, -0.1) is 0 Å². The topological polar surface area (TPSA) is 97.5 Å². The van der Waals surface area contributed by atoms with E-state index in [2.05, 4.69) is 10.3 Å². The second-order valence-electron chi connectivity index (χ2n) is 5.87. The summed E-state index contributed by atoms with van der Waals surface area (Å²) in [5.74, 6) is 0.0878. The number of anilines is 2. The van der Waals surface area contributed by atoms with Gasteiger partial charge in [0.2, 0.25) is 0 Å². The number of methoxy groups -OCH3 is 1. The molecule has 0 unspecified atom stereocenters. The van der Waals surface area contributed by atoms with E-state index >= 15 is 0 Å². The van der Waals surface area contributed by atoms with Crippen molar-refractivity contribution >= 4 is 28.2 Å². The van der Waals surface area contributed by atoms with Crippen molar-refractivity contribution in [2.45, 2.75) is 20.0 Å². The van der Waals surface area contributed by atoms with Crippen molar-refractivity contribution in [3.05, 3.63) is 59.3 Å². The van der Waals surface area contributed by atoms with Gasteiger partial charge in [0.05, 0.1) is 30.5 Å². The van der Waals surface area contributed by atoms with Crippen LogP contribution in [0.15, 0.2) is 42.6 Å². The van der Waals surface area contributed by atoms with Crippen LogP contribution in [-0.4, -0.2) is 23.1 Å². The predicted octanol–water partition coefficient (Wildman–Crippen LogP) is 3.14.